The predicted molar refractivity (Wildman–Crippen MR) is 118 cm³/mol. The van der Waals surface area contributed by atoms with Gasteiger partial charge in [-0.1, -0.05) is 29.3 Å². The average Bonchev–Trinajstić information content (AvgIpc) is 2.72. The Balaban J connectivity index is 2.16. The van der Waals surface area contributed by atoms with E-state index in [1.165, 1.54) is 0 Å². The number of benzene rings is 1. The summed E-state index contributed by atoms with van der Waals surface area (Å²) in [6.07, 6.45) is 3.77. The quantitative estimate of drug-likeness (QED) is 0.449. The van der Waals surface area contributed by atoms with E-state index in [1.807, 2.05) is 19.9 Å². The number of ketones is 1. The average molecular weight is 478 g/mol. The van der Waals surface area contributed by atoms with Crippen LogP contribution in [0.3, 0.4) is 0 Å². The molecule has 0 fully saturated rings. The number of carbonyl (C=O) groups excluding carboxylic acids is 2. The van der Waals surface area contributed by atoms with E-state index in [4.69, 9.17) is 14.2 Å². The SMILES string of the molecule is CCCCOC(=O)C1=C(C)NC2=C(C(=O)CCC2)C1c1cc(OC)c(OC)cc1Br. The Labute approximate surface area is 185 Å². The lowest BCUT2D eigenvalue weighted by atomic mass is 9.75. The lowest BCUT2D eigenvalue weighted by molar-refractivity contribution is -0.139. The Hall–Kier alpha value is -2.28. The van der Waals surface area contributed by atoms with Gasteiger partial charge in [0.1, 0.15) is 0 Å². The molecule has 1 heterocycles. The number of ether oxygens (including phenoxy) is 3. The van der Waals surface area contributed by atoms with E-state index in [0.29, 0.717) is 35.7 Å². The summed E-state index contributed by atoms with van der Waals surface area (Å²) >= 11 is 3.62. The molecule has 0 saturated carbocycles. The van der Waals surface area contributed by atoms with E-state index in [0.717, 1.165) is 47.1 Å². The summed E-state index contributed by atoms with van der Waals surface area (Å²) in [6.45, 7) is 4.26. The number of allylic oxidation sites excluding steroid dienone is 3. The molecular weight excluding hydrogens is 450 g/mol. The Morgan fingerprint density at radius 3 is 2.57 bits per heavy atom. The third-order valence-electron chi connectivity index (χ3n) is 5.54. The number of hydrogen-bond donors (Lipinski definition) is 1. The van der Waals surface area contributed by atoms with Gasteiger partial charge in [-0.2, -0.15) is 0 Å². The second-order valence-electron chi connectivity index (χ2n) is 7.48. The molecule has 0 bridgehead atoms. The summed E-state index contributed by atoms with van der Waals surface area (Å²) in [5.41, 5.74) is 3.49. The van der Waals surface area contributed by atoms with Crippen LogP contribution in [0.5, 0.6) is 11.5 Å². The minimum atomic E-state index is -0.530. The van der Waals surface area contributed by atoms with Crippen LogP contribution in [0.1, 0.15) is 57.4 Å². The molecule has 6 nitrogen and oxygen atoms in total. The summed E-state index contributed by atoms with van der Waals surface area (Å²) in [5.74, 6) is 0.235. The lowest BCUT2D eigenvalue weighted by Gasteiger charge is -2.34. The fourth-order valence-electron chi connectivity index (χ4n) is 4.04. The Kier molecular flexibility index (Phi) is 7.23. The van der Waals surface area contributed by atoms with Crippen molar-refractivity contribution < 1.29 is 23.8 Å². The minimum Gasteiger partial charge on any atom is -0.493 e. The molecule has 0 aromatic heterocycles. The number of esters is 1. The van der Waals surface area contributed by atoms with Crippen molar-refractivity contribution in [1.29, 1.82) is 0 Å². The van der Waals surface area contributed by atoms with Crippen LogP contribution in [0.4, 0.5) is 0 Å². The maximum Gasteiger partial charge on any atom is 0.336 e. The molecule has 30 heavy (non-hydrogen) atoms. The van der Waals surface area contributed by atoms with Gasteiger partial charge in [0.15, 0.2) is 17.3 Å². The maximum absolute atomic E-state index is 13.1. The van der Waals surface area contributed by atoms with Crippen molar-refractivity contribution in [1.82, 2.24) is 5.32 Å². The molecule has 1 unspecified atom stereocenters. The third-order valence-corrected chi connectivity index (χ3v) is 6.23. The van der Waals surface area contributed by atoms with Crippen LogP contribution in [-0.4, -0.2) is 32.6 Å². The number of methoxy groups -OCH3 is 2. The van der Waals surface area contributed by atoms with Gasteiger partial charge in [0.25, 0.3) is 0 Å². The zero-order valence-electron chi connectivity index (χ0n) is 17.9. The van der Waals surface area contributed by atoms with E-state index >= 15 is 0 Å². The highest BCUT2D eigenvalue weighted by molar-refractivity contribution is 9.10. The van der Waals surface area contributed by atoms with Crippen LogP contribution in [0.2, 0.25) is 0 Å². The summed E-state index contributed by atoms with van der Waals surface area (Å²) in [7, 11) is 3.13. The first-order valence-corrected chi connectivity index (χ1v) is 11.0. The first-order valence-electron chi connectivity index (χ1n) is 10.2. The van der Waals surface area contributed by atoms with Crippen LogP contribution in [0, 0.1) is 0 Å². The van der Waals surface area contributed by atoms with Crippen LogP contribution in [0.15, 0.2) is 39.1 Å². The molecular formula is C23H28BrNO5. The van der Waals surface area contributed by atoms with Crippen LogP contribution < -0.4 is 14.8 Å². The van der Waals surface area contributed by atoms with E-state index in [9.17, 15) is 9.59 Å². The maximum atomic E-state index is 13.1. The van der Waals surface area contributed by atoms with Gasteiger partial charge in [-0.25, -0.2) is 4.79 Å². The second kappa shape index (κ2) is 9.69. The fraction of sp³-hybridized carbons (Fsp3) is 0.478. The monoisotopic (exact) mass is 477 g/mol. The molecule has 2 aliphatic rings. The normalized spacial score (nSPS) is 18.7. The molecule has 0 spiro atoms. The smallest absolute Gasteiger partial charge is 0.336 e. The molecule has 7 heteroatoms. The molecule has 1 aliphatic heterocycles. The van der Waals surface area contributed by atoms with Gasteiger partial charge in [0.05, 0.1) is 26.4 Å². The predicted octanol–water partition coefficient (Wildman–Crippen LogP) is 4.78. The Bertz CT molecular complexity index is 918. The molecule has 1 aromatic carbocycles. The van der Waals surface area contributed by atoms with Gasteiger partial charge in [0, 0.05) is 33.8 Å². The van der Waals surface area contributed by atoms with Crippen molar-refractivity contribution >= 4 is 27.7 Å². The number of nitrogens with one attached hydrogen (secondary N) is 1. The molecule has 0 saturated heterocycles. The van der Waals surface area contributed by atoms with Crippen LogP contribution >= 0.6 is 15.9 Å². The highest BCUT2D eigenvalue weighted by atomic mass is 79.9. The Morgan fingerprint density at radius 1 is 1.20 bits per heavy atom. The summed E-state index contributed by atoms with van der Waals surface area (Å²) in [5, 5.41) is 3.31. The molecule has 1 N–H and O–H groups in total. The Morgan fingerprint density at radius 2 is 1.90 bits per heavy atom. The molecule has 0 radical (unpaired) electrons. The van der Waals surface area contributed by atoms with E-state index in [2.05, 4.69) is 21.2 Å². The number of carbonyl (C=O) groups is 2. The molecule has 0 amide bonds. The summed E-state index contributed by atoms with van der Waals surface area (Å²) in [6, 6.07) is 3.64. The number of dihydropyridines is 1. The van der Waals surface area contributed by atoms with Gasteiger partial charge in [-0.15, -0.1) is 0 Å². The highest BCUT2D eigenvalue weighted by Crippen LogP contribution is 2.47. The number of hydrogen-bond acceptors (Lipinski definition) is 6. The third kappa shape index (κ3) is 4.26. The number of rotatable bonds is 7. The van der Waals surface area contributed by atoms with Gasteiger partial charge in [-0.05, 0) is 43.9 Å². The number of Topliss-reactive ketones (excluding diaryl/α,β-unsaturated/α-hetero) is 1. The molecule has 1 aliphatic carbocycles. The second-order valence-corrected chi connectivity index (χ2v) is 8.34. The lowest BCUT2D eigenvalue weighted by Crippen LogP contribution is -2.34. The zero-order chi connectivity index (χ0) is 21.8. The molecule has 1 atom stereocenters. The first kappa shape index (κ1) is 22.4. The number of unbranched alkanes of at least 4 members (excludes halogenated alkanes) is 1. The standard InChI is InChI=1S/C23H28BrNO5/c1-5-6-10-30-23(27)20-13(2)25-16-8-7-9-17(26)22(16)21(20)14-11-18(28-3)19(29-4)12-15(14)24/h11-12,21,25H,5-10H2,1-4H3. The van der Waals surface area contributed by atoms with E-state index in [-0.39, 0.29) is 5.78 Å². The van der Waals surface area contributed by atoms with E-state index in [1.54, 1.807) is 20.3 Å². The zero-order valence-corrected chi connectivity index (χ0v) is 19.5. The molecule has 3 rings (SSSR count). The molecule has 162 valence electrons. The summed E-state index contributed by atoms with van der Waals surface area (Å²) in [4.78, 5) is 26.1. The summed E-state index contributed by atoms with van der Waals surface area (Å²) < 4.78 is 17.2. The van der Waals surface area contributed by atoms with Crippen LogP contribution in [0.25, 0.3) is 0 Å². The fourth-order valence-corrected chi connectivity index (χ4v) is 4.59. The van der Waals surface area contributed by atoms with Crippen molar-refractivity contribution in [3.05, 3.63) is 44.7 Å². The largest absolute Gasteiger partial charge is 0.493 e. The van der Waals surface area contributed by atoms with Gasteiger partial charge < -0.3 is 19.5 Å². The first-order chi connectivity index (χ1) is 14.4. The number of halogens is 1. The van der Waals surface area contributed by atoms with Gasteiger partial charge in [0.2, 0.25) is 0 Å². The van der Waals surface area contributed by atoms with Crippen molar-refractivity contribution in [2.75, 3.05) is 20.8 Å². The van der Waals surface area contributed by atoms with E-state index < -0.39 is 11.9 Å². The highest BCUT2D eigenvalue weighted by Gasteiger charge is 2.40. The van der Waals surface area contributed by atoms with Crippen molar-refractivity contribution in [2.24, 2.45) is 0 Å². The van der Waals surface area contributed by atoms with Crippen molar-refractivity contribution in [2.45, 2.75) is 51.9 Å². The van der Waals surface area contributed by atoms with Gasteiger partial charge >= 0.3 is 5.97 Å². The minimum absolute atomic E-state index is 0.0572. The van der Waals surface area contributed by atoms with Crippen molar-refractivity contribution in [3.63, 3.8) is 0 Å². The molecule has 1 aromatic rings. The van der Waals surface area contributed by atoms with Gasteiger partial charge in [-0.3, -0.25) is 4.79 Å². The topological polar surface area (TPSA) is 73.9 Å². The van der Waals surface area contributed by atoms with Crippen molar-refractivity contribution in [3.8, 4) is 11.5 Å². The van der Waals surface area contributed by atoms with Crippen LogP contribution in [-0.2, 0) is 14.3 Å².